The van der Waals surface area contributed by atoms with Crippen molar-refractivity contribution >= 4 is 12.0 Å². The molecule has 25 heavy (non-hydrogen) atoms. The third-order valence-electron chi connectivity index (χ3n) is 5.54. The van der Waals surface area contributed by atoms with Gasteiger partial charge in [-0.2, -0.15) is 0 Å². The van der Waals surface area contributed by atoms with E-state index in [0.717, 1.165) is 26.1 Å². The van der Waals surface area contributed by atoms with E-state index in [1.165, 1.54) is 24.8 Å². The average molecular weight is 341 g/mol. The lowest BCUT2D eigenvalue weighted by Crippen LogP contribution is -2.44. The lowest BCUT2D eigenvalue weighted by atomic mass is 10.0. The van der Waals surface area contributed by atoms with Crippen LogP contribution in [0.3, 0.4) is 0 Å². The van der Waals surface area contributed by atoms with E-state index >= 15 is 0 Å². The third kappa shape index (κ3) is 5.41. The molecule has 1 aliphatic heterocycles. The summed E-state index contributed by atoms with van der Waals surface area (Å²) in [6.45, 7) is 5.22. The zero-order valence-electron chi connectivity index (χ0n) is 15.3. The first kappa shape index (κ1) is 18.2. The number of primary amides is 1. The first-order valence-electron chi connectivity index (χ1n) is 9.68. The van der Waals surface area contributed by atoms with Crippen molar-refractivity contribution in [2.24, 2.45) is 11.7 Å². The monoisotopic (exact) mass is 341 g/mol. The second kappa shape index (κ2) is 8.63. The molecule has 0 radical (unpaired) electrons. The maximum atomic E-state index is 10.9. The Morgan fingerprint density at radius 1 is 1.28 bits per heavy atom. The Morgan fingerprint density at radius 2 is 2.00 bits per heavy atom. The average Bonchev–Trinajstić information content (AvgIpc) is 3.39. The highest BCUT2D eigenvalue weighted by atomic mass is 16.1. The molecule has 1 aromatic rings. The highest BCUT2D eigenvalue weighted by molar-refractivity contribution is 5.73. The summed E-state index contributed by atoms with van der Waals surface area (Å²) in [5.41, 5.74) is 8.12. The van der Waals surface area contributed by atoms with Crippen molar-refractivity contribution < 1.29 is 4.79 Å². The summed E-state index contributed by atoms with van der Waals surface area (Å²) in [6, 6.07) is 11.9. The molecule has 1 aromatic carbocycles. The number of benzene rings is 1. The fraction of sp³-hybridized carbons (Fsp3) is 0.571. The largest absolute Gasteiger partial charge is 0.370 e. The standard InChI is InChI=1S/C21H31N3O/c1-2-17(14-16-6-4-3-5-7-16)19-15-20(19)23-18-8-11-24(12-9-18)13-10-21(22)25/h3-7,14,18-20,23H,2,8-13,15H2,1H3,(H2,22,25)/b17-14+/t19-,20+/m0/s1. The molecule has 1 amide bonds. The zero-order valence-corrected chi connectivity index (χ0v) is 15.3. The van der Waals surface area contributed by atoms with Crippen LogP contribution in [0.1, 0.15) is 44.6 Å². The quantitative estimate of drug-likeness (QED) is 0.764. The van der Waals surface area contributed by atoms with Crippen LogP contribution in [0, 0.1) is 5.92 Å². The van der Waals surface area contributed by atoms with E-state index in [1.807, 2.05) is 0 Å². The number of nitrogens with zero attached hydrogens (tertiary/aromatic N) is 1. The number of hydrogen-bond acceptors (Lipinski definition) is 3. The first-order valence-corrected chi connectivity index (χ1v) is 9.68. The Morgan fingerprint density at radius 3 is 2.64 bits per heavy atom. The SMILES string of the molecule is CC/C(=C\c1ccccc1)[C@@H]1C[C@H]1NC1CCN(CCC(N)=O)CC1. The molecule has 1 saturated carbocycles. The molecule has 0 bridgehead atoms. The van der Waals surface area contributed by atoms with Crippen molar-refractivity contribution in [3.05, 3.63) is 41.5 Å². The Kier molecular flexibility index (Phi) is 6.27. The number of hydrogen-bond donors (Lipinski definition) is 2. The van der Waals surface area contributed by atoms with Crippen LogP contribution in [0.5, 0.6) is 0 Å². The molecular formula is C21H31N3O. The van der Waals surface area contributed by atoms with Crippen molar-refractivity contribution in [3.63, 3.8) is 0 Å². The topological polar surface area (TPSA) is 58.4 Å². The van der Waals surface area contributed by atoms with Gasteiger partial charge in [0.25, 0.3) is 0 Å². The van der Waals surface area contributed by atoms with Gasteiger partial charge >= 0.3 is 0 Å². The third-order valence-corrected chi connectivity index (χ3v) is 5.54. The lowest BCUT2D eigenvalue weighted by molar-refractivity contribution is -0.118. The van der Waals surface area contributed by atoms with Gasteiger partial charge in [0.05, 0.1) is 0 Å². The second-order valence-electron chi connectivity index (χ2n) is 7.43. The predicted molar refractivity (Wildman–Crippen MR) is 103 cm³/mol. The Hall–Kier alpha value is -1.65. The number of piperidine rings is 1. The molecule has 3 rings (SSSR count). The molecule has 3 N–H and O–H groups in total. The van der Waals surface area contributed by atoms with E-state index in [4.69, 9.17) is 5.73 Å². The second-order valence-corrected chi connectivity index (χ2v) is 7.43. The molecule has 1 aliphatic carbocycles. The fourth-order valence-corrected chi connectivity index (χ4v) is 3.92. The number of likely N-dealkylation sites (tertiary alicyclic amines) is 1. The van der Waals surface area contributed by atoms with E-state index in [1.54, 1.807) is 5.57 Å². The van der Waals surface area contributed by atoms with Crippen molar-refractivity contribution in [2.75, 3.05) is 19.6 Å². The van der Waals surface area contributed by atoms with Crippen LogP contribution in [0.25, 0.3) is 6.08 Å². The minimum atomic E-state index is -0.196. The minimum absolute atomic E-state index is 0.196. The van der Waals surface area contributed by atoms with Gasteiger partial charge in [0.2, 0.25) is 5.91 Å². The van der Waals surface area contributed by atoms with Gasteiger partial charge in [-0.1, -0.05) is 48.9 Å². The minimum Gasteiger partial charge on any atom is -0.370 e. The molecule has 1 saturated heterocycles. The van der Waals surface area contributed by atoms with Gasteiger partial charge in [0, 0.05) is 25.0 Å². The predicted octanol–water partition coefficient (Wildman–Crippen LogP) is 2.80. The van der Waals surface area contributed by atoms with Crippen LogP contribution in [-0.2, 0) is 4.79 Å². The summed E-state index contributed by atoms with van der Waals surface area (Å²) >= 11 is 0. The van der Waals surface area contributed by atoms with E-state index in [-0.39, 0.29) is 5.91 Å². The maximum Gasteiger partial charge on any atom is 0.218 e. The van der Waals surface area contributed by atoms with Gasteiger partial charge in [-0.25, -0.2) is 0 Å². The molecule has 4 heteroatoms. The van der Waals surface area contributed by atoms with Crippen LogP contribution < -0.4 is 11.1 Å². The van der Waals surface area contributed by atoms with Gasteiger partial charge in [-0.05, 0) is 50.3 Å². The van der Waals surface area contributed by atoms with Crippen molar-refractivity contribution in [1.82, 2.24) is 10.2 Å². The van der Waals surface area contributed by atoms with Gasteiger partial charge in [-0.15, -0.1) is 0 Å². The maximum absolute atomic E-state index is 10.9. The highest BCUT2D eigenvalue weighted by Crippen LogP contribution is 2.40. The first-order chi connectivity index (χ1) is 12.2. The Labute approximate surface area is 151 Å². The number of nitrogens with one attached hydrogen (secondary N) is 1. The number of nitrogens with two attached hydrogens (primary N) is 1. The van der Waals surface area contributed by atoms with Crippen molar-refractivity contribution in [1.29, 1.82) is 0 Å². The van der Waals surface area contributed by atoms with Gasteiger partial charge in [0.15, 0.2) is 0 Å². The molecule has 2 fully saturated rings. The Balaban J connectivity index is 1.44. The molecule has 0 aromatic heterocycles. The molecule has 2 aliphatic rings. The zero-order chi connectivity index (χ0) is 17.6. The summed E-state index contributed by atoms with van der Waals surface area (Å²) in [5, 5.41) is 3.87. The molecule has 1 heterocycles. The summed E-state index contributed by atoms with van der Waals surface area (Å²) in [5.74, 6) is 0.511. The summed E-state index contributed by atoms with van der Waals surface area (Å²) in [4.78, 5) is 13.3. The van der Waals surface area contributed by atoms with Crippen LogP contribution in [0.15, 0.2) is 35.9 Å². The highest BCUT2D eigenvalue weighted by Gasteiger charge is 2.40. The number of rotatable bonds is 8. The van der Waals surface area contributed by atoms with Crippen molar-refractivity contribution in [3.8, 4) is 0 Å². The van der Waals surface area contributed by atoms with Gasteiger partial charge in [-0.3, -0.25) is 4.79 Å². The Bertz CT molecular complexity index is 590. The number of carbonyl (C=O) groups is 1. The lowest BCUT2D eigenvalue weighted by Gasteiger charge is -2.32. The van der Waals surface area contributed by atoms with Crippen LogP contribution in [-0.4, -0.2) is 42.5 Å². The number of carbonyl (C=O) groups excluding carboxylic acids is 1. The number of amides is 1. The van der Waals surface area contributed by atoms with E-state index < -0.39 is 0 Å². The van der Waals surface area contributed by atoms with Crippen LogP contribution in [0.2, 0.25) is 0 Å². The van der Waals surface area contributed by atoms with Gasteiger partial charge in [0.1, 0.15) is 0 Å². The normalized spacial score (nSPS) is 25.1. The molecule has 0 spiro atoms. The molecular weight excluding hydrogens is 310 g/mol. The summed E-state index contributed by atoms with van der Waals surface area (Å²) in [6.07, 6.45) is 7.60. The molecule has 0 unspecified atom stereocenters. The fourth-order valence-electron chi connectivity index (χ4n) is 3.92. The molecule has 2 atom stereocenters. The van der Waals surface area contributed by atoms with E-state index in [0.29, 0.717) is 24.4 Å². The summed E-state index contributed by atoms with van der Waals surface area (Å²) < 4.78 is 0. The summed E-state index contributed by atoms with van der Waals surface area (Å²) in [7, 11) is 0. The van der Waals surface area contributed by atoms with Crippen molar-refractivity contribution in [2.45, 2.75) is 51.1 Å². The molecule has 4 nitrogen and oxygen atoms in total. The van der Waals surface area contributed by atoms with E-state index in [9.17, 15) is 4.79 Å². The van der Waals surface area contributed by atoms with Gasteiger partial charge < -0.3 is 16.0 Å². The molecule has 136 valence electrons. The smallest absolute Gasteiger partial charge is 0.218 e. The van der Waals surface area contributed by atoms with Crippen LogP contribution >= 0.6 is 0 Å². The van der Waals surface area contributed by atoms with E-state index in [2.05, 4.69) is 53.5 Å². The van der Waals surface area contributed by atoms with Crippen LogP contribution in [0.4, 0.5) is 0 Å².